The highest BCUT2D eigenvalue weighted by atomic mass is 35.5. The Labute approximate surface area is 88.7 Å². The summed E-state index contributed by atoms with van der Waals surface area (Å²) < 4.78 is 0. The summed E-state index contributed by atoms with van der Waals surface area (Å²) in [6.45, 7) is 5.31. The number of nitrogens with zero attached hydrogens (tertiary/aromatic N) is 1. The van der Waals surface area contributed by atoms with Gasteiger partial charge in [0, 0.05) is 5.56 Å². The molecule has 2 nitrogen and oxygen atoms in total. The van der Waals surface area contributed by atoms with E-state index >= 15 is 0 Å². The van der Waals surface area contributed by atoms with E-state index in [0.29, 0.717) is 10.6 Å². The zero-order valence-corrected chi connectivity index (χ0v) is 9.18. The zero-order chi connectivity index (χ0) is 10.9. The van der Waals surface area contributed by atoms with Crippen LogP contribution in [0.5, 0.6) is 5.75 Å². The Morgan fingerprint density at radius 2 is 2.00 bits per heavy atom. The smallest absolute Gasteiger partial charge is 0.121 e. The maximum atomic E-state index is 9.65. The fraction of sp³-hybridized carbons (Fsp3) is 0.364. The number of halogens is 1. The summed E-state index contributed by atoms with van der Waals surface area (Å²) in [5.74, 6) is 0.0761. The third-order valence-electron chi connectivity index (χ3n) is 2.22. The van der Waals surface area contributed by atoms with Gasteiger partial charge in [0.2, 0.25) is 0 Å². The number of rotatable bonds is 1. The molecule has 0 unspecified atom stereocenters. The first-order chi connectivity index (χ1) is 6.40. The van der Waals surface area contributed by atoms with Crippen LogP contribution < -0.4 is 0 Å². The highest BCUT2D eigenvalue weighted by Gasteiger charge is 2.27. The summed E-state index contributed by atoms with van der Waals surface area (Å²) in [5.41, 5.74) is 0.595. The molecule has 0 radical (unpaired) electrons. The molecule has 0 heterocycles. The van der Waals surface area contributed by atoms with Crippen molar-refractivity contribution in [3.8, 4) is 11.8 Å². The molecule has 0 saturated heterocycles. The molecule has 1 aromatic rings. The Kier molecular flexibility index (Phi) is 2.73. The fourth-order valence-electron chi connectivity index (χ4n) is 1.32. The van der Waals surface area contributed by atoms with Crippen LogP contribution in [0.25, 0.3) is 0 Å². The van der Waals surface area contributed by atoms with Crippen molar-refractivity contribution in [1.82, 2.24) is 0 Å². The summed E-state index contributed by atoms with van der Waals surface area (Å²) in [7, 11) is 0. The Morgan fingerprint density at radius 1 is 1.43 bits per heavy atom. The maximum absolute atomic E-state index is 9.65. The van der Waals surface area contributed by atoms with Gasteiger partial charge in [0.05, 0.1) is 16.5 Å². The van der Waals surface area contributed by atoms with Gasteiger partial charge >= 0.3 is 0 Å². The van der Waals surface area contributed by atoms with Crippen molar-refractivity contribution in [2.24, 2.45) is 0 Å². The quantitative estimate of drug-likeness (QED) is 0.772. The first kappa shape index (κ1) is 10.9. The number of aromatic hydroxyl groups is 1. The molecule has 0 aliphatic heterocycles. The predicted octanol–water partition coefficient (Wildman–Crippen LogP) is 3.16. The van der Waals surface area contributed by atoms with E-state index < -0.39 is 5.41 Å². The molecular formula is C11H12ClNO. The van der Waals surface area contributed by atoms with Crippen molar-refractivity contribution < 1.29 is 5.11 Å². The van der Waals surface area contributed by atoms with Crippen LogP contribution in [0.2, 0.25) is 5.02 Å². The lowest BCUT2D eigenvalue weighted by Crippen LogP contribution is -2.15. The summed E-state index contributed by atoms with van der Waals surface area (Å²) in [6.07, 6.45) is 0. The second-order valence-electron chi connectivity index (χ2n) is 3.83. The average Bonchev–Trinajstić information content (AvgIpc) is 2.12. The number of aryl methyl sites for hydroxylation is 1. The Morgan fingerprint density at radius 3 is 2.50 bits per heavy atom. The highest BCUT2D eigenvalue weighted by Crippen LogP contribution is 2.37. The van der Waals surface area contributed by atoms with Gasteiger partial charge in [0.1, 0.15) is 5.75 Å². The minimum absolute atomic E-state index is 0.0761. The standard InChI is InChI=1S/C11H12ClNO/c1-7-4-5-8(14)9(10(7)12)11(2,3)6-13/h4-5,14H,1-3H3. The molecule has 0 aromatic heterocycles. The van der Waals surface area contributed by atoms with Crippen molar-refractivity contribution in [3.63, 3.8) is 0 Å². The van der Waals surface area contributed by atoms with Crippen LogP contribution in [-0.4, -0.2) is 5.11 Å². The summed E-state index contributed by atoms with van der Waals surface area (Å²) in [4.78, 5) is 0. The third-order valence-corrected chi connectivity index (χ3v) is 2.70. The Bertz CT molecular complexity index is 404. The van der Waals surface area contributed by atoms with Crippen molar-refractivity contribution >= 4 is 11.6 Å². The molecular weight excluding hydrogens is 198 g/mol. The normalized spacial score (nSPS) is 11.1. The largest absolute Gasteiger partial charge is 0.508 e. The topological polar surface area (TPSA) is 44.0 Å². The van der Waals surface area contributed by atoms with Crippen LogP contribution in [0, 0.1) is 18.3 Å². The molecule has 1 aromatic carbocycles. The molecule has 0 bridgehead atoms. The molecule has 1 N–H and O–H groups in total. The third kappa shape index (κ3) is 1.69. The van der Waals surface area contributed by atoms with Crippen molar-refractivity contribution in [2.75, 3.05) is 0 Å². The number of phenols is 1. The molecule has 0 aliphatic rings. The van der Waals surface area contributed by atoms with Crippen LogP contribution in [0.3, 0.4) is 0 Å². The number of nitriles is 1. The van der Waals surface area contributed by atoms with E-state index in [1.807, 2.05) is 6.92 Å². The molecule has 1 rings (SSSR count). The number of benzene rings is 1. The molecule has 0 spiro atoms. The van der Waals surface area contributed by atoms with Gasteiger partial charge in [-0.1, -0.05) is 17.7 Å². The predicted molar refractivity (Wildman–Crippen MR) is 56.5 cm³/mol. The lowest BCUT2D eigenvalue weighted by molar-refractivity contribution is 0.456. The molecule has 0 amide bonds. The average molecular weight is 210 g/mol. The molecule has 14 heavy (non-hydrogen) atoms. The molecule has 0 fully saturated rings. The van der Waals surface area contributed by atoms with Gasteiger partial charge in [-0.25, -0.2) is 0 Å². The highest BCUT2D eigenvalue weighted by molar-refractivity contribution is 6.32. The van der Waals surface area contributed by atoms with Gasteiger partial charge in [-0.05, 0) is 32.4 Å². The second-order valence-corrected chi connectivity index (χ2v) is 4.21. The first-order valence-electron chi connectivity index (χ1n) is 4.30. The molecule has 0 aliphatic carbocycles. The van der Waals surface area contributed by atoms with Crippen LogP contribution in [0.1, 0.15) is 25.0 Å². The van der Waals surface area contributed by atoms with Gasteiger partial charge in [0.15, 0.2) is 0 Å². The maximum Gasteiger partial charge on any atom is 0.121 e. The van der Waals surface area contributed by atoms with E-state index in [1.165, 1.54) is 0 Å². The Hall–Kier alpha value is -1.20. The zero-order valence-electron chi connectivity index (χ0n) is 8.43. The molecule has 3 heteroatoms. The van der Waals surface area contributed by atoms with Gasteiger partial charge < -0.3 is 5.11 Å². The van der Waals surface area contributed by atoms with E-state index in [2.05, 4.69) is 6.07 Å². The number of hydrogen-bond acceptors (Lipinski definition) is 2. The van der Waals surface area contributed by atoms with E-state index in [0.717, 1.165) is 5.56 Å². The van der Waals surface area contributed by atoms with E-state index in [9.17, 15) is 5.11 Å². The van der Waals surface area contributed by atoms with Crippen LogP contribution in [0.4, 0.5) is 0 Å². The van der Waals surface area contributed by atoms with Crippen LogP contribution in [-0.2, 0) is 5.41 Å². The number of phenolic OH excluding ortho intramolecular Hbond substituents is 1. The minimum Gasteiger partial charge on any atom is -0.508 e. The van der Waals surface area contributed by atoms with Crippen molar-refractivity contribution in [3.05, 3.63) is 28.3 Å². The minimum atomic E-state index is -0.771. The lowest BCUT2D eigenvalue weighted by Gasteiger charge is -2.19. The summed E-state index contributed by atoms with van der Waals surface area (Å²) in [6, 6.07) is 5.42. The van der Waals surface area contributed by atoms with Gasteiger partial charge in [-0.3, -0.25) is 0 Å². The summed E-state index contributed by atoms with van der Waals surface area (Å²) >= 11 is 6.05. The van der Waals surface area contributed by atoms with Crippen LogP contribution in [0.15, 0.2) is 12.1 Å². The SMILES string of the molecule is Cc1ccc(O)c(C(C)(C)C#N)c1Cl. The second kappa shape index (κ2) is 3.51. The van der Waals surface area contributed by atoms with Crippen molar-refractivity contribution in [1.29, 1.82) is 5.26 Å². The summed E-state index contributed by atoms with van der Waals surface area (Å²) in [5, 5.41) is 19.1. The number of hydrogen-bond donors (Lipinski definition) is 1. The monoisotopic (exact) mass is 209 g/mol. The van der Waals surface area contributed by atoms with E-state index in [1.54, 1.807) is 26.0 Å². The van der Waals surface area contributed by atoms with E-state index in [4.69, 9.17) is 16.9 Å². The molecule has 0 saturated carbocycles. The molecule has 0 atom stereocenters. The lowest BCUT2D eigenvalue weighted by atomic mass is 9.85. The van der Waals surface area contributed by atoms with Gasteiger partial charge in [0.25, 0.3) is 0 Å². The van der Waals surface area contributed by atoms with E-state index in [-0.39, 0.29) is 5.75 Å². The van der Waals surface area contributed by atoms with Crippen LogP contribution >= 0.6 is 11.6 Å². The Balaban J connectivity index is 3.49. The first-order valence-corrected chi connectivity index (χ1v) is 4.67. The molecule has 74 valence electrons. The fourth-order valence-corrected chi connectivity index (χ4v) is 1.72. The van der Waals surface area contributed by atoms with Gasteiger partial charge in [-0.15, -0.1) is 0 Å². The van der Waals surface area contributed by atoms with Crippen molar-refractivity contribution in [2.45, 2.75) is 26.2 Å². The van der Waals surface area contributed by atoms with Gasteiger partial charge in [-0.2, -0.15) is 5.26 Å².